The molecule has 0 aliphatic carbocycles. The van der Waals surface area contributed by atoms with Gasteiger partial charge in [-0.2, -0.15) is 0 Å². The zero-order chi connectivity index (χ0) is 20.5. The van der Waals surface area contributed by atoms with Gasteiger partial charge in [0.25, 0.3) is 0 Å². The van der Waals surface area contributed by atoms with Crippen LogP contribution >= 0.6 is 11.6 Å². The molecule has 150 valence electrons. The number of nitrogens with one attached hydrogen (secondary N) is 1. The molecule has 0 saturated carbocycles. The Morgan fingerprint density at radius 2 is 1.61 bits per heavy atom. The second-order valence-corrected chi connectivity index (χ2v) is 7.88. The van der Waals surface area contributed by atoms with Crippen molar-refractivity contribution in [1.82, 2.24) is 10.2 Å². The molecule has 5 heteroatoms. The number of hydrogen-bond acceptors (Lipinski definition) is 2. The molecule has 4 nitrogen and oxygen atoms in total. The summed E-state index contributed by atoms with van der Waals surface area (Å²) in [4.78, 5) is 27.3. The third-order valence-electron chi connectivity index (χ3n) is 4.60. The third kappa shape index (κ3) is 7.01. The first-order chi connectivity index (χ1) is 13.4. The van der Waals surface area contributed by atoms with E-state index >= 15 is 0 Å². The lowest BCUT2D eigenvalue weighted by molar-refractivity contribution is -0.139. The van der Waals surface area contributed by atoms with Gasteiger partial charge in [-0.3, -0.25) is 9.59 Å². The van der Waals surface area contributed by atoms with Crippen LogP contribution in [0.25, 0.3) is 0 Å². The first-order valence-corrected chi connectivity index (χ1v) is 10.1. The van der Waals surface area contributed by atoms with E-state index in [1.165, 1.54) is 0 Å². The van der Waals surface area contributed by atoms with Gasteiger partial charge in [0.15, 0.2) is 0 Å². The predicted octanol–water partition coefficient (Wildman–Crippen LogP) is 4.11. The molecule has 0 spiro atoms. The quantitative estimate of drug-likeness (QED) is 0.688. The van der Waals surface area contributed by atoms with Gasteiger partial charge in [-0.1, -0.05) is 67.9 Å². The van der Waals surface area contributed by atoms with E-state index in [1.54, 1.807) is 24.0 Å². The fraction of sp³-hybridized carbons (Fsp3) is 0.391. The first kappa shape index (κ1) is 22.0. The molecule has 2 aromatic rings. The summed E-state index contributed by atoms with van der Waals surface area (Å²) in [5.74, 6) is 0.176. The zero-order valence-corrected chi connectivity index (χ0v) is 17.6. The molecule has 0 heterocycles. The van der Waals surface area contributed by atoms with Gasteiger partial charge >= 0.3 is 0 Å². The van der Waals surface area contributed by atoms with Gasteiger partial charge in [0.1, 0.15) is 6.04 Å². The summed E-state index contributed by atoms with van der Waals surface area (Å²) in [5.41, 5.74) is 2.02. The molecule has 2 rings (SSSR count). The minimum absolute atomic E-state index is 0.0644. The van der Waals surface area contributed by atoms with Crippen LogP contribution in [0.4, 0.5) is 0 Å². The van der Waals surface area contributed by atoms with Crippen molar-refractivity contribution in [3.05, 3.63) is 70.7 Å². The lowest BCUT2D eigenvalue weighted by Crippen LogP contribution is -2.49. The van der Waals surface area contributed by atoms with Crippen LogP contribution in [0, 0.1) is 5.92 Å². The van der Waals surface area contributed by atoms with Crippen LogP contribution in [-0.4, -0.2) is 35.8 Å². The van der Waals surface area contributed by atoms with E-state index in [0.29, 0.717) is 30.5 Å². The highest BCUT2D eigenvalue weighted by Gasteiger charge is 2.25. The Morgan fingerprint density at radius 3 is 2.21 bits per heavy atom. The maximum absolute atomic E-state index is 13.0. The number of benzene rings is 2. The van der Waals surface area contributed by atoms with Crippen LogP contribution < -0.4 is 5.32 Å². The molecule has 0 unspecified atom stereocenters. The molecule has 0 radical (unpaired) electrons. The van der Waals surface area contributed by atoms with E-state index in [9.17, 15) is 9.59 Å². The Labute approximate surface area is 172 Å². The van der Waals surface area contributed by atoms with Crippen LogP contribution in [0.1, 0.15) is 31.9 Å². The number of hydrogen-bond donors (Lipinski definition) is 1. The highest BCUT2D eigenvalue weighted by atomic mass is 35.5. The molecule has 1 N–H and O–H groups in total. The molecule has 28 heavy (non-hydrogen) atoms. The summed E-state index contributed by atoms with van der Waals surface area (Å²) in [6.07, 6.45) is 0.947. The van der Waals surface area contributed by atoms with Crippen molar-refractivity contribution in [2.75, 3.05) is 13.1 Å². The number of nitrogens with zero attached hydrogens (tertiary/aromatic N) is 1. The van der Waals surface area contributed by atoms with Crippen molar-refractivity contribution >= 4 is 23.4 Å². The van der Waals surface area contributed by atoms with Crippen molar-refractivity contribution in [3.63, 3.8) is 0 Å². The van der Waals surface area contributed by atoms with Gasteiger partial charge in [0, 0.05) is 18.1 Å². The molecule has 0 bridgehead atoms. The number of carbonyl (C=O) groups excluding carboxylic acids is 2. The van der Waals surface area contributed by atoms with Crippen LogP contribution in [-0.2, 0) is 22.4 Å². The minimum Gasteiger partial charge on any atom is -0.354 e. The average molecular weight is 401 g/mol. The predicted molar refractivity (Wildman–Crippen MR) is 114 cm³/mol. The number of rotatable bonds is 9. The van der Waals surface area contributed by atoms with Gasteiger partial charge in [-0.15, -0.1) is 0 Å². The van der Waals surface area contributed by atoms with E-state index in [-0.39, 0.29) is 18.2 Å². The van der Waals surface area contributed by atoms with Crippen molar-refractivity contribution in [2.24, 2.45) is 5.92 Å². The molecule has 0 aromatic heterocycles. The molecular formula is C23H29ClN2O2. The summed E-state index contributed by atoms with van der Waals surface area (Å²) in [6.45, 7) is 6.97. The van der Waals surface area contributed by atoms with E-state index < -0.39 is 6.04 Å². The second-order valence-electron chi connectivity index (χ2n) is 7.44. The third-order valence-corrected chi connectivity index (χ3v) is 4.86. The van der Waals surface area contributed by atoms with Gasteiger partial charge in [-0.05, 0) is 42.5 Å². The van der Waals surface area contributed by atoms with Crippen LogP contribution in [0.3, 0.4) is 0 Å². The summed E-state index contributed by atoms with van der Waals surface area (Å²) >= 11 is 5.93. The van der Waals surface area contributed by atoms with Crippen LogP contribution in [0.5, 0.6) is 0 Å². The Bertz CT molecular complexity index is 760. The lowest BCUT2D eigenvalue weighted by Gasteiger charge is -2.29. The largest absolute Gasteiger partial charge is 0.354 e. The average Bonchev–Trinajstić information content (AvgIpc) is 2.68. The summed E-state index contributed by atoms with van der Waals surface area (Å²) in [7, 11) is 0. The molecule has 0 saturated heterocycles. The number of amides is 2. The summed E-state index contributed by atoms with van der Waals surface area (Å²) < 4.78 is 0. The molecule has 0 aliphatic rings. The second kappa shape index (κ2) is 10.9. The highest BCUT2D eigenvalue weighted by Crippen LogP contribution is 2.13. The van der Waals surface area contributed by atoms with E-state index in [4.69, 9.17) is 11.6 Å². The molecule has 2 aromatic carbocycles. The molecule has 1 atom stereocenters. The Morgan fingerprint density at radius 1 is 0.964 bits per heavy atom. The van der Waals surface area contributed by atoms with Gasteiger partial charge in [-0.25, -0.2) is 0 Å². The first-order valence-electron chi connectivity index (χ1n) is 9.72. The van der Waals surface area contributed by atoms with Gasteiger partial charge in [0.2, 0.25) is 11.8 Å². The fourth-order valence-electron chi connectivity index (χ4n) is 2.90. The maximum Gasteiger partial charge on any atom is 0.242 e. The van der Waals surface area contributed by atoms with Crippen molar-refractivity contribution in [3.8, 4) is 0 Å². The van der Waals surface area contributed by atoms with Crippen LogP contribution in [0.2, 0.25) is 5.02 Å². The smallest absolute Gasteiger partial charge is 0.242 e. The SMILES string of the molecule is CC(C)CNC(=O)[C@H](C)N(CCc1ccccc1)C(=O)Cc1ccc(Cl)cc1. The van der Waals surface area contributed by atoms with E-state index in [2.05, 4.69) is 5.32 Å². The lowest BCUT2D eigenvalue weighted by atomic mass is 10.1. The van der Waals surface area contributed by atoms with Crippen molar-refractivity contribution in [2.45, 2.75) is 39.7 Å². The van der Waals surface area contributed by atoms with Crippen LogP contribution in [0.15, 0.2) is 54.6 Å². The summed E-state index contributed by atoms with van der Waals surface area (Å²) in [5, 5.41) is 3.57. The number of halogens is 1. The van der Waals surface area contributed by atoms with Gasteiger partial charge in [0.05, 0.1) is 6.42 Å². The fourth-order valence-corrected chi connectivity index (χ4v) is 3.03. The Balaban J connectivity index is 2.10. The normalized spacial score (nSPS) is 11.9. The Hall–Kier alpha value is -2.33. The van der Waals surface area contributed by atoms with Gasteiger partial charge < -0.3 is 10.2 Å². The number of carbonyl (C=O) groups is 2. The van der Waals surface area contributed by atoms with E-state index in [1.807, 2.05) is 56.3 Å². The zero-order valence-electron chi connectivity index (χ0n) is 16.8. The molecule has 2 amide bonds. The standard InChI is InChI=1S/C23H29ClN2O2/c1-17(2)16-25-23(28)18(3)26(14-13-19-7-5-4-6-8-19)22(27)15-20-9-11-21(24)12-10-20/h4-12,17-18H,13-16H2,1-3H3,(H,25,28)/t18-/m0/s1. The van der Waals surface area contributed by atoms with Crippen molar-refractivity contribution in [1.29, 1.82) is 0 Å². The maximum atomic E-state index is 13.0. The molecular weight excluding hydrogens is 372 g/mol. The topological polar surface area (TPSA) is 49.4 Å². The monoisotopic (exact) mass is 400 g/mol. The molecule has 0 fully saturated rings. The highest BCUT2D eigenvalue weighted by molar-refractivity contribution is 6.30. The molecule has 0 aliphatic heterocycles. The van der Waals surface area contributed by atoms with E-state index in [0.717, 1.165) is 11.1 Å². The summed E-state index contributed by atoms with van der Waals surface area (Å²) in [6, 6.07) is 16.7. The Kier molecular flexibility index (Phi) is 8.52. The van der Waals surface area contributed by atoms with Crippen molar-refractivity contribution < 1.29 is 9.59 Å². The minimum atomic E-state index is -0.526.